The minimum Gasteiger partial charge on any atom is -0.384 e. The number of pyridine rings is 1. The number of anilines is 1. The van der Waals surface area contributed by atoms with Gasteiger partial charge in [-0.05, 0) is 48.7 Å². The summed E-state index contributed by atoms with van der Waals surface area (Å²) in [5, 5.41) is 0.425. The van der Waals surface area contributed by atoms with Crippen molar-refractivity contribution in [2.45, 2.75) is 30.2 Å². The molecule has 4 rings (SSSR count). The zero-order valence-electron chi connectivity index (χ0n) is 17.1. The number of nitrogens with one attached hydrogen (secondary N) is 1. The SMILES string of the molecule is COCCC(=O)N1C[C@H]2C[C@H](C1)c1ccc(NS(=O)(=O)c3ccc(Cl)cc3)c(=O)n1C2. The highest BCUT2D eigenvalue weighted by atomic mass is 35.5. The standard InChI is InChI=1S/C21H24ClN3O5S/c1-30-9-8-20(26)24-11-14-10-15(13-24)19-7-6-18(21(27)25(19)12-14)23-31(28,29)17-4-2-16(22)3-5-17/h2-7,14-15,23H,8-13H2,1H3/t14-,15-/m1/s1. The van der Waals surface area contributed by atoms with E-state index in [4.69, 9.17) is 16.3 Å². The molecule has 2 atom stereocenters. The smallest absolute Gasteiger partial charge is 0.275 e. The van der Waals surface area contributed by atoms with E-state index < -0.39 is 10.0 Å². The topological polar surface area (TPSA) is 97.7 Å². The van der Waals surface area contributed by atoms with E-state index in [1.54, 1.807) is 17.7 Å². The zero-order valence-corrected chi connectivity index (χ0v) is 18.7. The van der Waals surface area contributed by atoms with Crippen molar-refractivity contribution in [1.82, 2.24) is 9.47 Å². The number of benzene rings is 1. The van der Waals surface area contributed by atoms with Crippen LogP contribution >= 0.6 is 11.6 Å². The molecular formula is C21H24ClN3O5S. The first-order valence-electron chi connectivity index (χ1n) is 10.1. The molecule has 166 valence electrons. The monoisotopic (exact) mass is 465 g/mol. The van der Waals surface area contributed by atoms with Crippen LogP contribution in [0.5, 0.6) is 0 Å². The molecule has 1 aromatic carbocycles. The van der Waals surface area contributed by atoms with Gasteiger partial charge in [0, 0.05) is 43.4 Å². The molecule has 3 heterocycles. The van der Waals surface area contributed by atoms with Crippen LogP contribution < -0.4 is 10.3 Å². The van der Waals surface area contributed by atoms with Gasteiger partial charge in [0.2, 0.25) is 5.91 Å². The summed E-state index contributed by atoms with van der Waals surface area (Å²) >= 11 is 5.83. The Labute approximate surface area is 185 Å². The number of nitrogens with zero attached hydrogens (tertiary/aromatic N) is 2. The number of carbonyl (C=O) groups excluding carboxylic acids is 1. The number of hydrogen-bond donors (Lipinski definition) is 1. The van der Waals surface area contributed by atoms with E-state index in [1.807, 2.05) is 4.90 Å². The molecular weight excluding hydrogens is 442 g/mol. The van der Waals surface area contributed by atoms with Crippen molar-refractivity contribution in [3.8, 4) is 0 Å². The number of aromatic nitrogens is 1. The van der Waals surface area contributed by atoms with Crippen LogP contribution in [0.2, 0.25) is 5.02 Å². The molecule has 0 spiro atoms. The third-order valence-corrected chi connectivity index (χ3v) is 7.48. The molecule has 2 aliphatic rings. The summed E-state index contributed by atoms with van der Waals surface area (Å²) in [6, 6.07) is 9.03. The summed E-state index contributed by atoms with van der Waals surface area (Å²) in [6.07, 6.45) is 1.25. The summed E-state index contributed by atoms with van der Waals surface area (Å²) in [5.41, 5.74) is 0.468. The number of sulfonamides is 1. The second-order valence-corrected chi connectivity index (χ2v) is 10.1. The maximum Gasteiger partial charge on any atom is 0.275 e. The molecule has 1 amide bonds. The summed E-state index contributed by atoms with van der Waals surface area (Å²) in [7, 11) is -2.34. The minimum absolute atomic E-state index is 0.00620. The Morgan fingerprint density at radius 3 is 2.61 bits per heavy atom. The van der Waals surface area contributed by atoms with Crippen molar-refractivity contribution >= 4 is 33.2 Å². The average Bonchev–Trinajstić information content (AvgIpc) is 2.74. The van der Waals surface area contributed by atoms with E-state index in [1.165, 1.54) is 30.3 Å². The van der Waals surface area contributed by atoms with Crippen LogP contribution in [0.25, 0.3) is 0 Å². The summed E-state index contributed by atoms with van der Waals surface area (Å²) < 4.78 is 34.4. The van der Waals surface area contributed by atoms with Gasteiger partial charge in [0.15, 0.2) is 0 Å². The maximum absolute atomic E-state index is 13.1. The number of ether oxygens (including phenoxy) is 1. The van der Waals surface area contributed by atoms with E-state index >= 15 is 0 Å². The van der Waals surface area contributed by atoms with Crippen LogP contribution in [0.4, 0.5) is 5.69 Å². The number of fused-ring (bicyclic) bond motifs is 4. The number of carbonyl (C=O) groups is 1. The molecule has 1 fully saturated rings. The lowest BCUT2D eigenvalue weighted by Gasteiger charge is -2.43. The quantitative estimate of drug-likeness (QED) is 0.705. The van der Waals surface area contributed by atoms with Gasteiger partial charge in [-0.3, -0.25) is 14.3 Å². The number of hydrogen-bond acceptors (Lipinski definition) is 5. The highest BCUT2D eigenvalue weighted by Crippen LogP contribution is 2.35. The molecule has 2 bridgehead atoms. The van der Waals surface area contributed by atoms with Crippen molar-refractivity contribution < 1.29 is 17.9 Å². The fourth-order valence-corrected chi connectivity index (χ4v) is 5.58. The van der Waals surface area contributed by atoms with Gasteiger partial charge in [0.1, 0.15) is 5.69 Å². The van der Waals surface area contributed by atoms with Crippen LogP contribution in [0.1, 0.15) is 24.5 Å². The fourth-order valence-electron chi connectivity index (χ4n) is 4.39. The summed E-state index contributed by atoms with van der Waals surface area (Å²) in [5.74, 6) is 0.256. The Balaban J connectivity index is 1.57. The van der Waals surface area contributed by atoms with Gasteiger partial charge in [0.25, 0.3) is 15.6 Å². The predicted molar refractivity (Wildman–Crippen MR) is 117 cm³/mol. The summed E-state index contributed by atoms with van der Waals surface area (Å²) in [6.45, 7) is 1.98. The van der Waals surface area contributed by atoms with Gasteiger partial charge in [-0.15, -0.1) is 0 Å². The Hall–Kier alpha value is -2.36. The molecule has 1 aromatic heterocycles. The lowest BCUT2D eigenvalue weighted by atomic mass is 9.83. The van der Waals surface area contributed by atoms with Gasteiger partial charge in [-0.25, -0.2) is 8.42 Å². The van der Waals surface area contributed by atoms with Gasteiger partial charge in [0.05, 0.1) is 17.9 Å². The molecule has 10 heteroatoms. The largest absolute Gasteiger partial charge is 0.384 e. The van der Waals surface area contributed by atoms with Crippen molar-refractivity contribution in [2.75, 3.05) is 31.5 Å². The molecule has 1 saturated heterocycles. The van der Waals surface area contributed by atoms with Crippen molar-refractivity contribution in [2.24, 2.45) is 5.92 Å². The third-order valence-electron chi connectivity index (χ3n) is 5.85. The molecule has 1 N–H and O–H groups in total. The van der Waals surface area contributed by atoms with Gasteiger partial charge < -0.3 is 14.2 Å². The van der Waals surface area contributed by atoms with E-state index in [0.717, 1.165) is 12.1 Å². The van der Waals surface area contributed by atoms with E-state index in [-0.39, 0.29) is 33.9 Å². The number of rotatable bonds is 6. The van der Waals surface area contributed by atoms with Crippen LogP contribution in [0.15, 0.2) is 46.1 Å². The van der Waals surface area contributed by atoms with Crippen LogP contribution in [0, 0.1) is 5.92 Å². The lowest BCUT2D eigenvalue weighted by Crippen LogP contribution is -2.49. The molecule has 2 aliphatic heterocycles. The second-order valence-electron chi connectivity index (χ2n) is 7.99. The Morgan fingerprint density at radius 1 is 1.16 bits per heavy atom. The highest BCUT2D eigenvalue weighted by Gasteiger charge is 2.36. The molecule has 2 aromatic rings. The zero-order chi connectivity index (χ0) is 22.2. The molecule has 0 aliphatic carbocycles. The first-order valence-corrected chi connectivity index (χ1v) is 11.9. The van der Waals surface area contributed by atoms with Crippen LogP contribution in [0.3, 0.4) is 0 Å². The number of methoxy groups -OCH3 is 1. The van der Waals surface area contributed by atoms with Crippen molar-refractivity contribution in [1.29, 1.82) is 0 Å². The first kappa shape index (κ1) is 21.9. The average molecular weight is 466 g/mol. The van der Waals surface area contributed by atoms with E-state index in [0.29, 0.717) is 37.7 Å². The minimum atomic E-state index is -3.91. The number of amides is 1. The molecule has 0 saturated carbocycles. The normalized spacial score (nSPS) is 20.3. The maximum atomic E-state index is 13.1. The Morgan fingerprint density at radius 2 is 1.90 bits per heavy atom. The fraction of sp³-hybridized carbons (Fsp3) is 0.429. The third kappa shape index (κ3) is 4.49. The number of piperidine rings is 1. The lowest BCUT2D eigenvalue weighted by molar-refractivity contribution is -0.134. The highest BCUT2D eigenvalue weighted by molar-refractivity contribution is 7.92. The predicted octanol–water partition coefficient (Wildman–Crippen LogP) is 2.28. The number of halogens is 1. The second kappa shape index (κ2) is 8.64. The molecule has 8 nitrogen and oxygen atoms in total. The van der Waals surface area contributed by atoms with E-state index in [2.05, 4.69) is 4.72 Å². The van der Waals surface area contributed by atoms with Crippen LogP contribution in [-0.4, -0.2) is 50.6 Å². The molecule has 31 heavy (non-hydrogen) atoms. The van der Waals surface area contributed by atoms with Crippen molar-refractivity contribution in [3.05, 3.63) is 57.5 Å². The molecule has 0 radical (unpaired) electrons. The summed E-state index contributed by atoms with van der Waals surface area (Å²) in [4.78, 5) is 27.4. The van der Waals surface area contributed by atoms with Gasteiger partial charge in [-0.1, -0.05) is 11.6 Å². The van der Waals surface area contributed by atoms with Gasteiger partial charge in [-0.2, -0.15) is 0 Å². The first-order chi connectivity index (χ1) is 14.8. The van der Waals surface area contributed by atoms with Gasteiger partial charge >= 0.3 is 0 Å². The Kier molecular flexibility index (Phi) is 6.09. The molecule has 0 unspecified atom stereocenters. The Bertz CT molecular complexity index is 1150. The van der Waals surface area contributed by atoms with E-state index in [9.17, 15) is 18.0 Å². The number of likely N-dealkylation sites (tertiary alicyclic amines) is 1. The van der Waals surface area contributed by atoms with Crippen molar-refractivity contribution in [3.63, 3.8) is 0 Å². The van der Waals surface area contributed by atoms with Crippen LogP contribution in [-0.2, 0) is 26.1 Å².